The summed E-state index contributed by atoms with van der Waals surface area (Å²) < 4.78 is 0. The minimum Gasteiger partial charge on any atom is -0.268 e. The van der Waals surface area contributed by atoms with Gasteiger partial charge in [-0.15, -0.1) is 0 Å². The fourth-order valence-electron chi connectivity index (χ4n) is 24.7. The molecule has 2 aliphatic heterocycles. The molecule has 716 valence electrons. The third-order valence-electron chi connectivity index (χ3n) is 32.2. The smallest absolute Gasteiger partial charge is 0.265 e. The molecule has 0 aromatic heterocycles. The van der Waals surface area contributed by atoms with Gasteiger partial charge in [-0.25, -0.2) is 9.80 Å². The van der Waals surface area contributed by atoms with Crippen LogP contribution in [0.2, 0.25) is 0 Å². The first kappa shape index (κ1) is 100.0. The Morgan fingerprint density at radius 3 is 0.455 bits per heavy atom. The number of hydrogen-bond donors (Lipinski definition) is 0. The lowest BCUT2D eigenvalue weighted by Crippen LogP contribution is -2.40. The molecule has 6 heteroatoms. The fourth-order valence-corrected chi connectivity index (χ4v) is 24.7. The summed E-state index contributed by atoms with van der Waals surface area (Å²) >= 11 is 0. The lowest BCUT2D eigenvalue weighted by molar-refractivity contribution is 0.0877. The van der Waals surface area contributed by atoms with Crippen molar-refractivity contribution < 1.29 is 19.2 Å². The van der Waals surface area contributed by atoms with Gasteiger partial charge in [0, 0.05) is 33.0 Å². The lowest BCUT2D eigenvalue weighted by Gasteiger charge is -2.30. The minimum absolute atomic E-state index is 0.218. The summed E-state index contributed by atoms with van der Waals surface area (Å²) in [5, 5.41) is 21.9. The molecule has 134 heavy (non-hydrogen) atoms. The maximum absolute atomic E-state index is 15.9. The van der Waals surface area contributed by atoms with Crippen LogP contribution in [0.1, 0.15) is 502 Å². The fraction of sp³-hybridized carbons (Fsp3) is 0.562. The zero-order valence-electron chi connectivity index (χ0n) is 84.7. The van der Waals surface area contributed by atoms with Crippen molar-refractivity contribution in [2.45, 2.75) is 465 Å². The van der Waals surface area contributed by atoms with E-state index in [2.05, 4.69) is 163 Å². The molecule has 0 saturated carbocycles. The number of rotatable bonds is 68. The van der Waals surface area contributed by atoms with E-state index in [1.807, 2.05) is 0 Å². The van der Waals surface area contributed by atoms with Gasteiger partial charge in [-0.05, 0) is 256 Å². The SMILES string of the molecule is CCCCCCCCCCCCc1cc(N2C(=O)c3ccc4c5ccc6c7ccc8c9ccc%10c%11c(ccc(c%12ccc(c%13ccc(c%14ccc(c3c4%14)C2=O)c5c6%13)c7c8%12)c%119)C(=O)N(c2cc(CCCCCCCCCCCC)c(CCCCCCCCCCCC)c(CCCCCCCCCCCC)c2)C%10=O)cc(CCCCCCCCCCCC)c1CCCCCCCCCCCC. The highest BCUT2D eigenvalue weighted by atomic mass is 16.2. The van der Waals surface area contributed by atoms with Crippen molar-refractivity contribution in [3.8, 4) is 0 Å². The van der Waals surface area contributed by atoms with Gasteiger partial charge in [0.05, 0.1) is 11.4 Å². The molecule has 0 atom stereocenters. The van der Waals surface area contributed by atoms with Crippen molar-refractivity contribution in [2.75, 3.05) is 9.80 Å². The first-order valence-electron chi connectivity index (χ1n) is 56.6. The highest BCUT2D eigenvalue weighted by Gasteiger charge is 2.39. The van der Waals surface area contributed by atoms with Gasteiger partial charge in [0.2, 0.25) is 0 Å². The maximum atomic E-state index is 15.9. The molecular formula is C128H170N2O4. The average Bonchev–Trinajstić information content (AvgIpc) is 0.674. The van der Waals surface area contributed by atoms with Gasteiger partial charge in [-0.1, -0.05) is 461 Å². The van der Waals surface area contributed by atoms with Crippen LogP contribution in [0.4, 0.5) is 11.4 Å². The Kier molecular flexibility index (Phi) is 38.6. The Bertz CT molecular complexity index is 5280. The Morgan fingerprint density at radius 2 is 0.291 bits per heavy atom. The standard InChI is InChI=1S/C128H170N2O4/c1-7-13-19-25-31-37-43-49-55-61-67-93-89-97(90-94(68-62-56-50-44-38-32-26-20-14-8-2)99(93)71-65-59-53-47-41-35-29-23-17-11-5)129-125(131)113-85-81-109-105-77-73-101-103-75-79-107-111-83-87-115-124-116(88-84-112(122(111)124)108-80-76-104(118(103)120(107)108)102-74-78-106(119(105)117(101)102)110-82-86-114(126(129)132)123(113)121(109)110)128(134)130(127(115)133)98-91-95(69-63-57-51-45-39-33-27-21-15-9-3)100(72-66-60-54-48-42-36-30-24-18-12-6)96(92-98)70-64-58-52-46-40-34-28-22-16-10-4/h73-92H,7-72H2,1-6H3. The van der Waals surface area contributed by atoms with Crippen LogP contribution in [0, 0.1) is 0 Å². The third kappa shape index (κ3) is 23.7. The van der Waals surface area contributed by atoms with Crippen molar-refractivity contribution in [3.63, 3.8) is 0 Å². The molecule has 0 fully saturated rings. The minimum atomic E-state index is -0.218. The molecule has 0 saturated heterocycles. The summed E-state index contributed by atoms with van der Waals surface area (Å²) in [5.74, 6) is -0.872. The van der Waals surface area contributed by atoms with Crippen molar-refractivity contribution in [2.24, 2.45) is 0 Å². The number of benzene rings is 13. The zero-order chi connectivity index (χ0) is 92.8. The molecule has 2 heterocycles. The molecule has 0 bridgehead atoms. The zero-order valence-corrected chi connectivity index (χ0v) is 84.7. The molecule has 13 aromatic rings. The second kappa shape index (κ2) is 51.8. The Balaban J connectivity index is 0.735. The number of aryl methyl sites for hydroxylation is 4. The quantitative estimate of drug-likeness (QED) is 0.0165. The maximum Gasteiger partial charge on any atom is 0.265 e. The van der Waals surface area contributed by atoms with Crippen LogP contribution in [0.15, 0.2) is 121 Å². The molecule has 6 nitrogen and oxygen atoms in total. The summed E-state index contributed by atoms with van der Waals surface area (Å²) in [6.07, 6.45) is 84.0. The van der Waals surface area contributed by atoms with Crippen LogP contribution in [0.25, 0.3) is 108 Å². The molecule has 0 spiro atoms. The van der Waals surface area contributed by atoms with Crippen LogP contribution in [0.3, 0.4) is 0 Å². The van der Waals surface area contributed by atoms with E-state index in [0.717, 1.165) is 140 Å². The molecule has 0 N–H and O–H groups in total. The highest BCUT2D eigenvalue weighted by molar-refractivity contribution is 6.49. The van der Waals surface area contributed by atoms with Crippen molar-refractivity contribution in [1.29, 1.82) is 0 Å². The van der Waals surface area contributed by atoms with E-state index >= 15 is 19.2 Å². The van der Waals surface area contributed by atoms with Gasteiger partial charge in [-0.3, -0.25) is 19.2 Å². The van der Waals surface area contributed by atoms with Gasteiger partial charge in [-0.2, -0.15) is 0 Å². The second-order valence-electron chi connectivity index (χ2n) is 42.3. The number of carbonyl (C=O) groups is 4. The van der Waals surface area contributed by atoms with Crippen LogP contribution in [-0.4, -0.2) is 23.6 Å². The van der Waals surface area contributed by atoms with Crippen LogP contribution < -0.4 is 9.80 Å². The molecule has 15 rings (SSSR count). The van der Waals surface area contributed by atoms with Gasteiger partial charge in [0.15, 0.2) is 0 Å². The largest absolute Gasteiger partial charge is 0.268 e. The van der Waals surface area contributed by atoms with E-state index in [1.54, 1.807) is 9.80 Å². The normalized spacial score (nSPS) is 13.2. The first-order valence-corrected chi connectivity index (χ1v) is 56.6. The summed E-state index contributed by atoms with van der Waals surface area (Å²) in [4.78, 5) is 66.9. The summed E-state index contributed by atoms with van der Waals surface area (Å²) in [6.45, 7) is 13.8. The van der Waals surface area contributed by atoms with E-state index in [9.17, 15) is 0 Å². The molecule has 13 aromatic carbocycles. The predicted molar refractivity (Wildman–Crippen MR) is 584 cm³/mol. The summed E-state index contributed by atoms with van der Waals surface area (Å²) in [7, 11) is 0. The van der Waals surface area contributed by atoms with Crippen LogP contribution in [0.5, 0.6) is 0 Å². The highest BCUT2D eigenvalue weighted by Crippen LogP contribution is 2.53. The van der Waals surface area contributed by atoms with Crippen LogP contribution >= 0.6 is 0 Å². The first-order chi connectivity index (χ1) is 66.1. The number of fused-ring (bicyclic) bond motifs is 6. The van der Waals surface area contributed by atoms with E-state index in [4.69, 9.17) is 0 Å². The Labute approximate surface area is 808 Å². The van der Waals surface area contributed by atoms with Crippen molar-refractivity contribution in [1.82, 2.24) is 0 Å². The number of anilines is 2. The number of unbranched alkanes of at least 4 members (excludes halogenated alkanes) is 54. The van der Waals surface area contributed by atoms with E-state index in [0.29, 0.717) is 22.3 Å². The summed E-state index contributed by atoms with van der Waals surface area (Å²) in [6, 6.07) is 44.9. The lowest BCUT2D eigenvalue weighted by atomic mass is 9.80. The van der Waals surface area contributed by atoms with Gasteiger partial charge in [0.1, 0.15) is 0 Å². The second-order valence-corrected chi connectivity index (χ2v) is 42.3. The predicted octanol–water partition coefficient (Wildman–Crippen LogP) is 39.9. The van der Waals surface area contributed by atoms with E-state index in [-0.39, 0.29) is 23.6 Å². The van der Waals surface area contributed by atoms with E-state index in [1.165, 1.54) is 436 Å². The average molecular weight is 1800 g/mol. The van der Waals surface area contributed by atoms with Crippen molar-refractivity contribution >= 4 is 143 Å². The van der Waals surface area contributed by atoms with E-state index < -0.39 is 0 Å². The monoisotopic (exact) mass is 1800 g/mol. The topological polar surface area (TPSA) is 74.8 Å². The van der Waals surface area contributed by atoms with Crippen molar-refractivity contribution in [3.05, 3.63) is 177 Å². The molecule has 0 aliphatic carbocycles. The third-order valence-corrected chi connectivity index (χ3v) is 32.2. The van der Waals surface area contributed by atoms with Gasteiger partial charge in [0.25, 0.3) is 23.6 Å². The number of amides is 4. The molecule has 4 amide bonds. The Hall–Kier alpha value is -8.48. The number of carbonyl (C=O) groups excluding carboxylic acids is 4. The molecule has 0 radical (unpaired) electrons. The van der Waals surface area contributed by atoms with Crippen LogP contribution in [-0.2, 0) is 38.5 Å². The number of nitrogens with zero attached hydrogens (tertiary/aromatic N) is 2. The molecular weight excluding hydrogens is 1630 g/mol. The van der Waals surface area contributed by atoms with Gasteiger partial charge < -0.3 is 0 Å². The summed E-state index contributed by atoms with van der Waals surface area (Å²) in [5.41, 5.74) is 12.4. The Morgan fingerprint density at radius 1 is 0.157 bits per heavy atom. The number of hydrogen-bond acceptors (Lipinski definition) is 4. The van der Waals surface area contributed by atoms with Gasteiger partial charge >= 0.3 is 0 Å². The molecule has 0 unspecified atom stereocenters. The number of imide groups is 2. The molecule has 2 aliphatic rings.